The van der Waals surface area contributed by atoms with Crippen LogP contribution in [0.1, 0.15) is 142 Å². The summed E-state index contributed by atoms with van der Waals surface area (Å²) in [5, 5.41) is 0. The monoisotopic (exact) mass is 394 g/mol. The summed E-state index contributed by atoms with van der Waals surface area (Å²) in [6.45, 7) is 2.30. The Morgan fingerprint density at radius 1 is 0.643 bits per heavy atom. The smallest absolute Gasteiger partial charge is 0.305 e. The minimum atomic E-state index is -0.0602. The van der Waals surface area contributed by atoms with Gasteiger partial charge < -0.3 is 4.74 Å². The van der Waals surface area contributed by atoms with Crippen molar-refractivity contribution >= 4 is 5.97 Å². The van der Waals surface area contributed by atoms with E-state index in [0.717, 1.165) is 18.3 Å². The maximum Gasteiger partial charge on any atom is 0.305 e. The fourth-order valence-corrected chi connectivity index (χ4v) is 4.57. The van der Waals surface area contributed by atoms with Gasteiger partial charge in [0.05, 0.1) is 7.11 Å². The Kier molecular flexibility index (Phi) is 16.8. The Labute approximate surface area is 176 Å². The lowest BCUT2D eigenvalue weighted by molar-refractivity contribution is -0.140. The number of ether oxygens (including phenoxy) is 1. The zero-order valence-electron chi connectivity index (χ0n) is 19.3. The van der Waals surface area contributed by atoms with Crippen LogP contribution in [0.25, 0.3) is 0 Å². The summed E-state index contributed by atoms with van der Waals surface area (Å²) in [6, 6.07) is 0. The number of rotatable bonds is 21. The first-order chi connectivity index (χ1) is 13.8. The average Bonchev–Trinajstić information content (AvgIpc) is 3.46. The molecule has 1 fully saturated rings. The fourth-order valence-electron chi connectivity index (χ4n) is 4.57. The summed E-state index contributed by atoms with van der Waals surface area (Å²) in [5.41, 5.74) is 0. The molecule has 0 bridgehead atoms. The molecule has 0 aromatic rings. The predicted molar refractivity (Wildman–Crippen MR) is 122 cm³/mol. The second-order valence-corrected chi connectivity index (χ2v) is 9.32. The lowest BCUT2D eigenvalue weighted by Crippen LogP contribution is -1.99. The van der Waals surface area contributed by atoms with Crippen molar-refractivity contribution in [2.45, 2.75) is 142 Å². The molecule has 1 aliphatic rings. The first-order valence-electron chi connectivity index (χ1n) is 12.8. The first kappa shape index (κ1) is 25.5. The summed E-state index contributed by atoms with van der Waals surface area (Å²) >= 11 is 0. The zero-order chi connectivity index (χ0) is 20.3. The Morgan fingerprint density at radius 2 is 1.04 bits per heavy atom. The van der Waals surface area contributed by atoms with Crippen LogP contribution in [-0.4, -0.2) is 13.1 Å². The summed E-state index contributed by atoms with van der Waals surface area (Å²) < 4.78 is 4.66. The highest BCUT2D eigenvalue weighted by atomic mass is 16.5. The van der Waals surface area contributed by atoms with Crippen LogP contribution in [-0.2, 0) is 9.53 Å². The molecule has 0 aliphatic heterocycles. The van der Waals surface area contributed by atoms with Crippen molar-refractivity contribution in [3.05, 3.63) is 0 Å². The molecule has 2 heteroatoms. The van der Waals surface area contributed by atoms with Crippen molar-refractivity contribution in [2.75, 3.05) is 7.11 Å². The SMILES string of the molecule is CCCCCCCCC1CC1CCCCCCCCCCCCCC(=O)OC. The number of hydrogen-bond acceptors (Lipinski definition) is 2. The molecule has 0 saturated heterocycles. The topological polar surface area (TPSA) is 26.3 Å². The van der Waals surface area contributed by atoms with Gasteiger partial charge in [-0.15, -0.1) is 0 Å². The Balaban J connectivity index is 1.70. The molecule has 1 aliphatic carbocycles. The van der Waals surface area contributed by atoms with Crippen LogP contribution in [0.3, 0.4) is 0 Å². The number of unbranched alkanes of at least 4 members (excludes halogenated alkanes) is 15. The van der Waals surface area contributed by atoms with Gasteiger partial charge in [-0.3, -0.25) is 4.79 Å². The minimum absolute atomic E-state index is 0.0602. The molecule has 2 atom stereocenters. The number of carbonyl (C=O) groups excluding carboxylic acids is 1. The van der Waals surface area contributed by atoms with E-state index < -0.39 is 0 Å². The standard InChI is InChI=1S/C26H50O2/c1-3-4-5-6-14-17-20-24-23-25(24)21-18-15-12-10-8-7-9-11-13-16-19-22-26(27)28-2/h24-25H,3-23H2,1-2H3. The molecule has 0 aromatic carbocycles. The quantitative estimate of drug-likeness (QED) is 0.144. The highest BCUT2D eigenvalue weighted by Gasteiger charge is 2.34. The van der Waals surface area contributed by atoms with E-state index in [4.69, 9.17) is 0 Å². The zero-order valence-corrected chi connectivity index (χ0v) is 19.3. The number of esters is 1. The number of methoxy groups -OCH3 is 1. The molecule has 0 radical (unpaired) electrons. The molecule has 166 valence electrons. The van der Waals surface area contributed by atoms with E-state index in [1.165, 1.54) is 123 Å². The molecule has 0 aromatic heterocycles. The molecule has 28 heavy (non-hydrogen) atoms. The van der Waals surface area contributed by atoms with Gasteiger partial charge in [0, 0.05) is 6.42 Å². The van der Waals surface area contributed by atoms with E-state index in [-0.39, 0.29) is 5.97 Å². The number of carbonyl (C=O) groups is 1. The summed E-state index contributed by atoms with van der Waals surface area (Å²) in [5.74, 6) is 2.16. The Hall–Kier alpha value is -0.530. The second kappa shape index (κ2) is 18.5. The molecule has 2 unspecified atom stereocenters. The molecule has 0 amide bonds. The van der Waals surface area contributed by atoms with E-state index in [9.17, 15) is 4.79 Å². The van der Waals surface area contributed by atoms with Gasteiger partial charge in [-0.25, -0.2) is 0 Å². The van der Waals surface area contributed by atoms with Crippen LogP contribution in [0.5, 0.6) is 0 Å². The van der Waals surface area contributed by atoms with Crippen molar-refractivity contribution in [1.82, 2.24) is 0 Å². The maximum atomic E-state index is 11.0. The van der Waals surface area contributed by atoms with E-state index in [2.05, 4.69) is 11.7 Å². The Bertz CT molecular complexity index is 352. The molecular weight excluding hydrogens is 344 g/mol. The summed E-state index contributed by atoms with van der Waals surface area (Å²) in [4.78, 5) is 11.0. The third kappa shape index (κ3) is 15.4. The van der Waals surface area contributed by atoms with E-state index >= 15 is 0 Å². The van der Waals surface area contributed by atoms with Gasteiger partial charge in [-0.1, -0.05) is 122 Å². The van der Waals surface area contributed by atoms with Gasteiger partial charge >= 0.3 is 5.97 Å². The van der Waals surface area contributed by atoms with Crippen LogP contribution in [0, 0.1) is 11.8 Å². The van der Waals surface area contributed by atoms with Gasteiger partial charge in [0.25, 0.3) is 0 Å². The third-order valence-electron chi connectivity index (χ3n) is 6.68. The number of hydrogen-bond donors (Lipinski definition) is 0. The maximum absolute atomic E-state index is 11.0. The van der Waals surface area contributed by atoms with Crippen LogP contribution in [0.15, 0.2) is 0 Å². The molecule has 2 nitrogen and oxygen atoms in total. The van der Waals surface area contributed by atoms with Crippen molar-refractivity contribution < 1.29 is 9.53 Å². The second-order valence-electron chi connectivity index (χ2n) is 9.32. The van der Waals surface area contributed by atoms with Crippen LogP contribution in [0.2, 0.25) is 0 Å². The molecule has 0 heterocycles. The first-order valence-corrected chi connectivity index (χ1v) is 12.8. The normalized spacial score (nSPS) is 18.4. The van der Waals surface area contributed by atoms with Gasteiger partial charge in [0.2, 0.25) is 0 Å². The van der Waals surface area contributed by atoms with E-state index in [0.29, 0.717) is 6.42 Å². The largest absolute Gasteiger partial charge is 0.469 e. The molecule has 0 N–H and O–H groups in total. The van der Waals surface area contributed by atoms with Crippen molar-refractivity contribution in [1.29, 1.82) is 0 Å². The van der Waals surface area contributed by atoms with Crippen molar-refractivity contribution in [3.63, 3.8) is 0 Å². The van der Waals surface area contributed by atoms with Gasteiger partial charge in [-0.05, 0) is 24.7 Å². The summed E-state index contributed by atoms with van der Waals surface area (Å²) in [6.07, 6.45) is 28.7. The van der Waals surface area contributed by atoms with Gasteiger partial charge in [0.15, 0.2) is 0 Å². The molecular formula is C26H50O2. The molecule has 1 saturated carbocycles. The molecule has 1 rings (SSSR count). The van der Waals surface area contributed by atoms with Gasteiger partial charge in [0.1, 0.15) is 0 Å². The highest BCUT2D eigenvalue weighted by Crippen LogP contribution is 2.45. The molecule has 0 spiro atoms. The van der Waals surface area contributed by atoms with Crippen LogP contribution >= 0.6 is 0 Å². The lowest BCUT2D eigenvalue weighted by atomic mass is 10.0. The lowest BCUT2D eigenvalue weighted by Gasteiger charge is -2.04. The fraction of sp³-hybridized carbons (Fsp3) is 0.962. The average molecular weight is 395 g/mol. The minimum Gasteiger partial charge on any atom is -0.469 e. The van der Waals surface area contributed by atoms with Crippen LogP contribution in [0.4, 0.5) is 0 Å². The van der Waals surface area contributed by atoms with E-state index in [1.807, 2.05) is 0 Å². The van der Waals surface area contributed by atoms with Crippen molar-refractivity contribution in [2.24, 2.45) is 11.8 Å². The van der Waals surface area contributed by atoms with E-state index in [1.54, 1.807) is 6.42 Å². The van der Waals surface area contributed by atoms with Crippen LogP contribution < -0.4 is 0 Å². The predicted octanol–water partition coefficient (Wildman–Crippen LogP) is 8.62. The summed E-state index contributed by atoms with van der Waals surface area (Å²) in [7, 11) is 1.47. The third-order valence-corrected chi connectivity index (χ3v) is 6.68. The van der Waals surface area contributed by atoms with Crippen molar-refractivity contribution in [3.8, 4) is 0 Å². The van der Waals surface area contributed by atoms with Gasteiger partial charge in [-0.2, -0.15) is 0 Å². The Morgan fingerprint density at radius 3 is 1.46 bits per heavy atom. The highest BCUT2D eigenvalue weighted by molar-refractivity contribution is 5.68.